The Morgan fingerprint density at radius 2 is 1.71 bits per heavy atom. The van der Waals surface area contributed by atoms with Crippen LogP contribution in [-0.2, 0) is 9.47 Å². The summed E-state index contributed by atoms with van der Waals surface area (Å²) in [5.74, 6) is -1.13. The van der Waals surface area contributed by atoms with Crippen LogP contribution in [0.4, 0.5) is 0 Å². The fraction of sp³-hybridized carbons (Fsp3) is 0.300. The zero-order valence-electron chi connectivity index (χ0n) is 7.64. The van der Waals surface area contributed by atoms with Gasteiger partial charge in [-0.1, -0.05) is 30.3 Å². The van der Waals surface area contributed by atoms with Gasteiger partial charge in [0.2, 0.25) is 0 Å². The topological polar surface area (TPSA) is 58.6 Å². The van der Waals surface area contributed by atoms with Gasteiger partial charge < -0.3 is 19.4 Å². The molecular formula is C10H11O4-. The Hall–Kier alpha value is -1.39. The number of carboxylic acid groups (broad SMARTS) is 1. The molecule has 1 aromatic rings. The van der Waals surface area contributed by atoms with Crippen LogP contribution >= 0.6 is 0 Å². The zero-order chi connectivity index (χ0) is 10.2. The number of carboxylic acids is 1. The lowest BCUT2D eigenvalue weighted by Gasteiger charge is -1.97. The van der Waals surface area contributed by atoms with Crippen LogP contribution in [0.15, 0.2) is 30.3 Å². The molecule has 0 unspecified atom stereocenters. The Bertz CT molecular complexity index is 259. The summed E-state index contributed by atoms with van der Waals surface area (Å²) in [6.45, 7) is 2.06. The number of benzene rings is 1. The van der Waals surface area contributed by atoms with E-state index < -0.39 is 5.97 Å². The van der Waals surface area contributed by atoms with E-state index >= 15 is 0 Å². The van der Waals surface area contributed by atoms with Crippen LogP contribution in [0, 0.1) is 0 Å². The van der Waals surface area contributed by atoms with Gasteiger partial charge in [0.25, 0.3) is 0 Å². The molecule has 0 spiro atoms. The maximum atomic E-state index is 10.1. The third-order valence-corrected chi connectivity index (χ3v) is 1.55. The van der Waals surface area contributed by atoms with E-state index in [1.807, 2.05) is 0 Å². The van der Waals surface area contributed by atoms with Gasteiger partial charge in [-0.05, 0) is 5.56 Å². The summed E-state index contributed by atoms with van der Waals surface area (Å²) >= 11 is 0. The predicted molar refractivity (Wildman–Crippen MR) is 47.5 cm³/mol. The molecule has 1 heterocycles. The molecule has 76 valence electrons. The number of hydrogen-bond donors (Lipinski definition) is 0. The highest BCUT2D eigenvalue weighted by Crippen LogP contribution is 1.94. The second kappa shape index (κ2) is 6.12. The van der Waals surface area contributed by atoms with Gasteiger partial charge in [-0.3, -0.25) is 0 Å². The third kappa shape index (κ3) is 4.02. The fourth-order valence-corrected chi connectivity index (χ4v) is 0.869. The maximum absolute atomic E-state index is 10.1. The minimum atomic E-state index is -1.13. The molecule has 14 heavy (non-hydrogen) atoms. The molecule has 4 nitrogen and oxygen atoms in total. The molecule has 0 bridgehead atoms. The monoisotopic (exact) mass is 195 g/mol. The van der Waals surface area contributed by atoms with E-state index in [0.29, 0.717) is 6.79 Å². The van der Waals surface area contributed by atoms with Crippen molar-refractivity contribution in [1.29, 1.82) is 0 Å². The van der Waals surface area contributed by atoms with Crippen molar-refractivity contribution in [3.05, 3.63) is 35.9 Å². The average Bonchev–Trinajstić information content (AvgIpc) is 2.77. The molecular weight excluding hydrogens is 184 g/mol. The highest BCUT2D eigenvalue weighted by Gasteiger charge is 1.93. The van der Waals surface area contributed by atoms with Crippen LogP contribution in [0.3, 0.4) is 0 Å². The number of carbonyl (C=O) groups excluding carboxylic acids is 1. The van der Waals surface area contributed by atoms with Gasteiger partial charge in [0.05, 0.1) is 19.2 Å². The van der Waals surface area contributed by atoms with Crippen LogP contribution in [-0.4, -0.2) is 26.0 Å². The molecule has 0 aromatic heterocycles. The van der Waals surface area contributed by atoms with Gasteiger partial charge in [0, 0.05) is 0 Å². The predicted octanol–water partition coefficient (Wildman–Crippen LogP) is 0.0408. The quantitative estimate of drug-likeness (QED) is 0.634. The van der Waals surface area contributed by atoms with Gasteiger partial charge in [0.15, 0.2) is 0 Å². The fourth-order valence-electron chi connectivity index (χ4n) is 0.869. The van der Waals surface area contributed by atoms with Crippen LogP contribution in [0.1, 0.15) is 10.4 Å². The van der Waals surface area contributed by atoms with Crippen molar-refractivity contribution in [2.45, 2.75) is 0 Å². The number of carbonyl (C=O) groups is 1. The molecule has 1 aliphatic rings. The third-order valence-electron chi connectivity index (χ3n) is 1.55. The molecule has 4 heteroatoms. The number of ether oxygens (including phenoxy) is 2. The van der Waals surface area contributed by atoms with Crippen molar-refractivity contribution in [2.75, 3.05) is 20.0 Å². The smallest absolute Gasteiger partial charge is 0.146 e. The first kappa shape index (κ1) is 10.7. The van der Waals surface area contributed by atoms with Crippen molar-refractivity contribution in [3.63, 3.8) is 0 Å². The summed E-state index contributed by atoms with van der Waals surface area (Å²) < 4.78 is 9.44. The lowest BCUT2D eigenvalue weighted by Crippen LogP contribution is -2.21. The first-order valence-corrected chi connectivity index (χ1v) is 4.22. The molecule has 0 N–H and O–H groups in total. The summed E-state index contributed by atoms with van der Waals surface area (Å²) in [7, 11) is 0. The Labute approximate surface area is 82.1 Å². The van der Waals surface area contributed by atoms with E-state index in [4.69, 9.17) is 9.47 Å². The van der Waals surface area contributed by atoms with Crippen LogP contribution in [0.25, 0.3) is 0 Å². The first-order valence-electron chi connectivity index (χ1n) is 4.22. The minimum Gasteiger partial charge on any atom is -0.545 e. The van der Waals surface area contributed by atoms with Crippen molar-refractivity contribution in [1.82, 2.24) is 0 Å². The Morgan fingerprint density at radius 3 is 2.00 bits per heavy atom. The summed E-state index contributed by atoms with van der Waals surface area (Å²) in [6.07, 6.45) is 0. The molecule has 0 amide bonds. The maximum Gasteiger partial charge on any atom is 0.146 e. The number of hydrogen-bond acceptors (Lipinski definition) is 4. The van der Waals surface area contributed by atoms with E-state index in [-0.39, 0.29) is 5.56 Å². The lowest BCUT2D eigenvalue weighted by molar-refractivity contribution is -0.255. The number of rotatable bonds is 1. The Kier molecular flexibility index (Phi) is 4.68. The normalized spacial score (nSPS) is 14.3. The standard InChI is InChI=1S/C7H6O2.C3H6O2/c8-7(9)6-4-2-1-3-5-6;1-2-5-3-4-1/h1-5H,(H,8,9);1-3H2/p-1. The van der Waals surface area contributed by atoms with Gasteiger partial charge in [-0.25, -0.2) is 0 Å². The van der Waals surface area contributed by atoms with Gasteiger partial charge >= 0.3 is 0 Å². The molecule has 2 rings (SSSR count). The molecule has 1 aromatic carbocycles. The van der Waals surface area contributed by atoms with E-state index in [9.17, 15) is 9.90 Å². The molecule has 1 aliphatic heterocycles. The SMILES string of the molecule is C1COCO1.O=C([O-])c1ccccc1. The van der Waals surface area contributed by atoms with E-state index in [0.717, 1.165) is 13.2 Å². The highest BCUT2D eigenvalue weighted by atomic mass is 16.7. The lowest BCUT2D eigenvalue weighted by atomic mass is 10.2. The van der Waals surface area contributed by atoms with E-state index in [1.165, 1.54) is 12.1 Å². The van der Waals surface area contributed by atoms with Gasteiger partial charge in [-0.2, -0.15) is 0 Å². The zero-order valence-corrected chi connectivity index (χ0v) is 7.64. The van der Waals surface area contributed by atoms with Crippen LogP contribution in [0.2, 0.25) is 0 Å². The van der Waals surface area contributed by atoms with Gasteiger partial charge in [0.1, 0.15) is 6.79 Å². The minimum absolute atomic E-state index is 0.220. The van der Waals surface area contributed by atoms with E-state index in [1.54, 1.807) is 18.2 Å². The molecule has 0 aliphatic carbocycles. The highest BCUT2D eigenvalue weighted by molar-refractivity contribution is 5.85. The summed E-state index contributed by atoms with van der Waals surface area (Å²) in [5.41, 5.74) is 0.220. The number of aromatic carboxylic acids is 1. The Balaban J connectivity index is 0.000000165. The molecule has 0 atom stereocenters. The second-order valence-electron chi connectivity index (χ2n) is 2.59. The van der Waals surface area contributed by atoms with Crippen LogP contribution < -0.4 is 5.11 Å². The second-order valence-corrected chi connectivity index (χ2v) is 2.59. The first-order chi connectivity index (χ1) is 6.80. The Morgan fingerprint density at radius 1 is 1.14 bits per heavy atom. The van der Waals surface area contributed by atoms with Crippen molar-refractivity contribution >= 4 is 5.97 Å². The van der Waals surface area contributed by atoms with Crippen molar-refractivity contribution in [3.8, 4) is 0 Å². The summed E-state index contributed by atoms with van der Waals surface area (Å²) in [6, 6.07) is 8.06. The van der Waals surface area contributed by atoms with E-state index in [2.05, 4.69) is 0 Å². The van der Waals surface area contributed by atoms with Gasteiger partial charge in [-0.15, -0.1) is 0 Å². The average molecular weight is 195 g/mol. The molecule has 1 saturated heterocycles. The molecule has 1 fully saturated rings. The van der Waals surface area contributed by atoms with Crippen LogP contribution in [0.5, 0.6) is 0 Å². The summed E-state index contributed by atoms with van der Waals surface area (Å²) in [4.78, 5) is 10.1. The van der Waals surface area contributed by atoms with Crippen molar-refractivity contribution < 1.29 is 19.4 Å². The van der Waals surface area contributed by atoms with Crippen molar-refractivity contribution in [2.24, 2.45) is 0 Å². The largest absolute Gasteiger partial charge is 0.545 e. The molecule has 0 radical (unpaired) electrons. The summed E-state index contributed by atoms with van der Waals surface area (Å²) in [5, 5.41) is 10.1. The molecule has 0 saturated carbocycles.